The third-order valence-electron chi connectivity index (χ3n) is 5.73. The molecule has 1 aliphatic heterocycles. The van der Waals surface area contributed by atoms with Crippen molar-refractivity contribution in [2.24, 2.45) is 0 Å². The Kier molecular flexibility index (Phi) is 6.18. The predicted octanol–water partition coefficient (Wildman–Crippen LogP) is 2.94. The fourth-order valence-electron chi connectivity index (χ4n) is 4.13. The van der Waals surface area contributed by atoms with E-state index in [0.29, 0.717) is 11.1 Å². The van der Waals surface area contributed by atoms with E-state index in [1.165, 1.54) is 37.1 Å². The Labute approximate surface area is 203 Å². The molecule has 10 nitrogen and oxygen atoms in total. The van der Waals surface area contributed by atoms with Crippen molar-refractivity contribution < 1.29 is 9.00 Å². The number of anilines is 2. The zero-order valence-electron chi connectivity index (χ0n) is 19.3. The number of aromatic amines is 1. The van der Waals surface area contributed by atoms with Crippen LogP contribution in [0.15, 0.2) is 49.1 Å². The molecule has 180 valence electrons. The standard InChI is InChI=1S/C24H26N8O2S/c1-35(2,34)31-24-26-13-19(14-27-24)28-23(33)22-20-10-17(5-6-21(20)29-30-22)18-9-16(11-25-12-18)15-32-7-3-4-8-32/h5-6,9-14H,1,3-4,7-8,15H2,2H3,(H,28,33)(H,29,30)(H,26,27,31,34). The Morgan fingerprint density at radius 3 is 2.63 bits per heavy atom. The highest BCUT2D eigenvalue weighted by atomic mass is 32.2. The molecular weight excluding hydrogens is 464 g/mol. The quantitative estimate of drug-likeness (QED) is 0.340. The molecule has 1 amide bonds. The normalized spacial score (nSPS) is 15.7. The smallest absolute Gasteiger partial charge is 0.276 e. The average Bonchev–Trinajstić information content (AvgIpc) is 3.49. The largest absolute Gasteiger partial charge is 0.318 e. The third-order valence-corrected chi connectivity index (χ3v) is 6.34. The lowest BCUT2D eigenvalue weighted by atomic mass is 10.0. The summed E-state index contributed by atoms with van der Waals surface area (Å²) < 4.78 is 14.4. The van der Waals surface area contributed by atoms with Crippen LogP contribution in [0.3, 0.4) is 0 Å². The fraction of sp³-hybridized carbons (Fsp3) is 0.250. The van der Waals surface area contributed by atoms with Gasteiger partial charge in [-0.2, -0.15) is 5.10 Å². The highest BCUT2D eigenvalue weighted by Gasteiger charge is 2.17. The van der Waals surface area contributed by atoms with Gasteiger partial charge in [-0.15, -0.1) is 0 Å². The minimum Gasteiger partial charge on any atom is -0.318 e. The summed E-state index contributed by atoms with van der Waals surface area (Å²) in [6, 6.07) is 8.00. The molecular formula is C24H26N8O2S. The Bertz CT molecular complexity index is 1480. The number of hydrogen-bond acceptors (Lipinski definition) is 7. The van der Waals surface area contributed by atoms with E-state index in [-0.39, 0.29) is 11.6 Å². The number of pyridine rings is 1. The number of carbonyl (C=O) groups excluding carboxylic acids is 1. The minimum absolute atomic E-state index is 0.168. The van der Waals surface area contributed by atoms with Crippen molar-refractivity contribution in [1.82, 2.24) is 30.0 Å². The Hall–Kier alpha value is -3.83. The number of likely N-dealkylation sites (tertiary alicyclic amines) is 1. The summed E-state index contributed by atoms with van der Waals surface area (Å²) in [5.41, 5.74) is 4.52. The van der Waals surface area contributed by atoms with E-state index in [9.17, 15) is 9.00 Å². The molecule has 0 radical (unpaired) electrons. The second-order valence-corrected chi connectivity index (χ2v) is 11.0. The number of nitrogens with one attached hydrogen (secondary N) is 3. The van der Waals surface area contributed by atoms with Crippen LogP contribution in [0.1, 0.15) is 28.9 Å². The highest BCUT2D eigenvalue weighted by Crippen LogP contribution is 2.26. The van der Waals surface area contributed by atoms with Crippen molar-refractivity contribution in [3.8, 4) is 11.1 Å². The molecule has 11 heteroatoms. The first-order valence-electron chi connectivity index (χ1n) is 11.2. The molecule has 0 aliphatic carbocycles. The van der Waals surface area contributed by atoms with Crippen LogP contribution in [-0.4, -0.2) is 65.4 Å². The number of carbonyl (C=O) groups is 1. The molecule has 0 bridgehead atoms. The van der Waals surface area contributed by atoms with Crippen LogP contribution in [0, 0.1) is 0 Å². The summed E-state index contributed by atoms with van der Waals surface area (Å²) in [7, 11) is -2.49. The first-order valence-corrected chi connectivity index (χ1v) is 13.4. The van der Waals surface area contributed by atoms with E-state index < -0.39 is 15.6 Å². The van der Waals surface area contributed by atoms with Crippen molar-refractivity contribution in [3.05, 3.63) is 60.3 Å². The predicted molar refractivity (Wildman–Crippen MR) is 139 cm³/mol. The van der Waals surface area contributed by atoms with Crippen molar-refractivity contribution in [1.29, 1.82) is 0 Å². The average molecular weight is 491 g/mol. The van der Waals surface area contributed by atoms with Crippen molar-refractivity contribution in [2.75, 3.05) is 29.4 Å². The van der Waals surface area contributed by atoms with Crippen LogP contribution in [0.5, 0.6) is 0 Å². The summed E-state index contributed by atoms with van der Waals surface area (Å²) in [5, 5.41) is 10.6. The lowest BCUT2D eigenvalue weighted by Crippen LogP contribution is -2.18. The number of nitrogens with zero attached hydrogens (tertiary/aromatic N) is 5. The van der Waals surface area contributed by atoms with Crippen molar-refractivity contribution >= 4 is 44.0 Å². The number of hydrogen-bond donors (Lipinski definition) is 3. The lowest BCUT2D eigenvalue weighted by Gasteiger charge is -2.14. The molecule has 1 unspecified atom stereocenters. The van der Waals surface area contributed by atoms with Gasteiger partial charge in [0.2, 0.25) is 5.95 Å². The van der Waals surface area contributed by atoms with E-state index in [4.69, 9.17) is 0 Å². The lowest BCUT2D eigenvalue weighted by molar-refractivity contribution is 0.102. The van der Waals surface area contributed by atoms with Crippen LogP contribution in [0.4, 0.5) is 11.6 Å². The van der Waals surface area contributed by atoms with Crippen LogP contribution in [-0.2, 0) is 16.3 Å². The molecule has 1 fully saturated rings. The van der Waals surface area contributed by atoms with Gasteiger partial charge in [-0.1, -0.05) is 6.07 Å². The maximum Gasteiger partial charge on any atom is 0.276 e. The molecule has 1 aliphatic rings. The molecule has 35 heavy (non-hydrogen) atoms. The van der Waals surface area contributed by atoms with Crippen LogP contribution >= 0.6 is 0 Å². The van der Waals surface area contributed by atoms with E-state index in [1.54, 1.807) is 0 Å². The number of amides is 1. The summed E-state index contributed by atoms with van der Waals surface area (Å²) >= 11 is 0. The van der Waals surface area contributed by atoms with Crippen LogP contribution < -0.4 is 10.0 Å². The second kappa shape index (κ2) is 9.43. The first kappa shape index (κ1) is 22.9. The van der Waals surface area contributed by atoms with E-state index >= 15 is 0 Å². The topological polar surface area (TPSA) is 129 Å². The third kappa shape index (κ3) is 5.47. The molecule has 0 saturated carbocycles. The number of rotatable bonds is 7. The van der Waals surface area contributed by atoms with Gasteiger partial charge in [0.05, 0.1) is 23.6 Å². The van der Waals surface area contributed by atoms with Gasteiger partial charge in [0.1, 0.15) is 0 Å². The van der Waals surface area contributed by atoms with Crippen LogP contribution in [0.25, 0.3) is 22.0 Å². The summed E-state index contributed by atoms with van der Waals surface area (Å²) in [4.78, 5) is 28.0. The maximum absolute atomic E-state index is 13.0. The van der Waals surface area contributed by atoms with Crippen LogP contribution in [0.2, 0.25) is 0 Å². The minimum atomic E-state index is -2.49. The van der Waals surface area contributed by atoms with Crippen molar-refractivity contribution in [3.63, 3.8) is 0 Å². The monoisotopic (exact) mass is 490 g/mol. The van der Waals surface area contributed by atoms with Gasteiger partial charge in [-0.25, -0.2) is 14.2 Å². The second-order valence-electron chi connectivity index (χ2n) is 8.75. The van der Waals surface area contributed by atoms with E-state index in [2.05, 4.69) is 52.0 Å². The first-order chi connectivity index (χ1) is 16.8. The molecule has 4 heterocycles. The van der Waals surface area contributed by atoms with Gasteiger partial charge in [-0.05, 0) is 61.1 Å². The van der Waals surface area contributed by atoms with Gasteiger partial charge in [0.15, 0.2) is 5.69 Å². The summed E-state index contributed by atoms with van der Waals surface area (Å²) in [6.07, 6.45) is 10.5. The Balaban J connectivity index is 1.36. The molecule has 1 saturated heterocycles. The highest BCUT2D eigenvalue weighted by molar-refractivity contribution is 8.00. The zero-order chi connectivity index (χ0) is 24.4. The fourth-order valence-corrected chi connectivity index (χ4v) is 4.62. The molecule has 4 aromatic rings. The number of aromatic nitrogens is 5. The zero-order valence-corrected chi connectivity index (χ0v) is 20.1. The van der Waals surface area contributed by atoms with E-state index in [0.717, 1.165) is 36.3 Å². The van der Waals surface area contributed by atoms with Gasteiger partial charge in [0.25, 0.3) is 5.91 Å². The molecule has 1 aromatic carbocycles. The number of H-pyrrole nitrogens is 1. The van der Waals surface area contributed by atoms with Gasteiger partial charge < -0.3 is 5.32 Å². The van der Waals surface area contributed by atoms with Gasteiger partial charge >= 0.3 is 0 Å². The van der Waals surface area contributed by atoms with Gasteiger partial charge in [0, 0.05) is 45.9 Å². The Morgan fingerprint density at radius 2 is 1.89 bits per heavy atom. The van der Waals surface area contributed by atoms with E-state index in [1.807, 2.05) is 30.6 Å². The molecule has 0 spiro atoms. The molecule has 1 atom stereocenters. The van der Waals surface area contributed by atoms with Gasteiger partial charge in [-0.3, -0.25) is 24.5 Å². The molecule has 3 N–H and O–H groups in total. The summed E-state index contributed by atoms with van der Waals surface area (Å²) in [5.74, 6) is 3.28. The molecule has 3 aromatic heterocycles. The SMILES string of the molecule is C=S(C)(=O)Nc1ncc(NC(=O)c2n[nH]c3ccc(-c4cncc(CN5CCCC5)c4)cc23)cn1. The summed E-state index contributed by atoms with van der Waals surface area (Å²) in [6.45, 7) is 3.15. The molecule has 5 rings (SSSR count). The number of benzene rings is 1. The Morgan fingerprint density at radius 1 is 1.11 bits per heavy atom. The van der Waals surface area contributed by atoms with Crippen molar-refractivity contribution in [2.45, 2.75) is 19.4 Å². The number of fused-ring (bicyclic) bond motifs is 1. The maximum atomic E-state index is 13.0.